The van der Waals surface area contributed by atoms with Gasteiger partial charge >= 0.3 is 6.09 Å². The molecule has 1 aliphatic carbocycles. The highest BCUT2D eigenvalue weighted by molar-refractivity contribution is 6.07. The Balaban J connectivity index is 0.730. The molecule has 0 bridgehead atoms. The lowest BCUT2D eigenvalue weighted by atomic mass is 9.91. The van der Waals surface area contributed by atoms with Gasteiger partial charge in [-0.3, -0.25) is 29.0 Å². The Bertz CT molecular complexity index is 3360. The number of aliphatic hydroxyl groups is 1. The lowest BCUT2D eigenvalue weighted by Crippen LogP contribution is -2.53. The molecule has 6 amide bonds. The number of hydrogen-bond donors (Lipinski definition) is 5. The van der Waals surface area contributed by atoms with Crippen molar-refractivity contribution < 1.29 is 76.5 Å². The van der Waals surface area contributed by atoms with Crippen molar-refractivity contribution in [2.75, 3.05) is 104 Å². The van der Waals surface area contributed by atoms with Crippen LogP contribution in [0.5, 0.6) is 23.0 Å². The number of rotatable bonds is 36. The molecule has 0 spiro atoms. The largest absolute Gasteiger partial charge is 0.493 e. The molecule has 0 unspecified atom stereocenters. The molecule has 0 radical (unpaired) electrons. The first kappa shape index (κ1) is 79.6. The van der Waals surface area contributed by atoms with Crippen LogP contribution in [0.1, 0.15) is 176 Å². The molecule has 3 aromatic rings. The minimum absolute atomic E-state index is 0.0195. The monoisotopic (exact) mass is 1410 g/mol. The molecular weight excluding hydrogens is 1300 g/mol. The van der Waals surface area contributed by atoms with E-state index in [-0.39, 0.29) is 92.4 Å². The van der Waals surface area contributed by atoms with Gasteiger partial charge in [0.2, 0.25) is 17.7 Å². The van der Waals surface area contributed by atoms with Crippen molar-refractivity contribution in [3.63, 3.8) is 0 Å². The highest BCUT2D eigenvalue weighted by Gasteiger charge is 2.46. The van der Waals surface area contributed by atoms with Crippen molar-refractivity contribution >= 4 is 58.9 Å². The van der Waals surface area contributed by atoms with Crippen LogP contribution in [0.25, 0.3) is 0 Å². The zero-order valence-electron chi connectivity index (χ0n) is 61.0. The summed E-state index contributed by atoms with van der Waals surface area (Å²) in [5.41, 5.74) is 3.64. The minimum atomic E-state index is -1.57. The summed E-state index contributed by atoms with van der Waals surface area (Å²) >= 11 is 0. The van der Waals surface area contributed by atoms with Crippen LogP contribution in [0.3, 0.4) is 0 Å². The zero-order chi connectivity index (χ0) is 72.6. The highest BCUT2D eigenvalue weighted by atomic mass is 16.6. The smallest absolute Gasteiger partial charge is 0.416 e. The predicted molar refractivity (Wildman–Crippen MR) is 392 cm³/mol. The Labute approximate surface area is 602 Å². The van der Waals surface area contributed by atoms with Gasteiger partial charge in [0.25, 0.3) is 11.8 Å². The number of allylic oxidation sites excluding steroid dienone is 4. The molecule has 558 valence electrons. The van der Waals surface area contributed by atoms with E-state index in [1.165, 1.54) is 128 Å². The van der Waals surface area contributed by atoms with E-state index in [4.69, 9.17) is 42.6 Å². The number of hydrogen-bond acceptors (Lipinski definition) is 18. The van der Waals surface area contributed by atoms with E-state index in [2.05, 4.69) is 26.3 Å². The van der Waals surface area contributed by atoms with Gasteiger partial charge in [0.05, 0.1) is 115 Å². The van der Waals surface area contributed by atoms with Gasteiger partial charge in [-0.15, -0.1) is 0 Å². The number of carbonyl (C=O) groups is 6. The first-order valence-electron chi connectivity index (χ1n) is 36.8. The van der Waals surface area contributed by atoms with E-state index < -0.39 is 48.2 Å². The Hall–Kier alpha value is -8.13. The number of amides is 6. The lowest BCUT2D eigenvalue weighted by Gasteiger charge is -2.31. The number of anilines is 2. The maximum absolute atomic E-state index is 14.4. The Morgan fingerprint density at radius 3 is 1.79 bits per heavy atom. The molecule has 4 heterocycles. The van der Waals surface area contributed by atoms with Crippen LogP contribution in [-0.4, -0.2) is 181 Å². The first-order valence-corrected chi connectivity index (χ1v) is 36.8. The number of ether oxygens (including phenoxy) is 9. The lowest BCUT2D eigenvalue weighted by molar-refractivity contribution is -0.132. The number of methoxy groups -OCH3 is 2. The second-order valence-corrected chi connectivity index (χ2v) is 26.9. The molecule has 5 N–H and O–H groups in total. The van der Waals surface area contributed by atoms with Gasteiger partial charge in [-0.25, -0.2) is 9.69 Å². The third-order valence-corrected chi connectivity index (χ3v) is 18.8. The van der Waals surface area contributed by atoms with Crippen molar-refractivity contribution in [2.24, 2.45) is 16.8 Å². The summed E-state index contributed by atoms with van der Waals surface area (Å²) in [4.78, 5) is 91.2. The van der Waals surface area contributed by atoms with Crippen molar-refractivity contribution in [2.45, 2.75) is 187 Å². The van der Waals surface area contributed by atoms with Crippen molar-refractivity contribution in [3.8, 4) is 23.0 Å². The van der Waals surface area contributed by atoms with Crippen molar-refractivity contribution in [1.82, 2.24) is 25.8 Å². The Morgan fingerprint density at radius 1 is 0.627 bits per heavy atom. The average molecular weight is 1420 g/mol. The maximum atomic E-state index is 14.4. The third kappa shape index (κ3) is 24.0. The average Bonchev–Trinajstić information content (AvgIpc) is 1.59. The van der Waals surface area contributed by atoms with Crippen LogP contribution >= 0.6 is 0 Å². The molecule has 102 heavy (non-hydrogen) atoms. The number of benzene rings is 3. The normalized spacial score (nSPS) is 18.8. The number of aliphatic imine (C=N–C) groups is 1. The number of carbonyl (C=O) groups excluding carboxylic acids is 6. The number of nitrogens with zero attached hydrogens (tertiary/aromatic N) is 4. The Morgan fingerprint density at radius 2 is 1.19 bits per heavy atom. The molecule has 5 aliphatic rings. The number of aliphatic hydroxyl groups excluding tert-OH is 1. The minimum Gasteiger partial charge on any atom is -0.493 e. The topological polar surface area (TPSA) is 276 Å². The third-order valence-electron chi connectivity index (χ3n) is 18.8. The summed E-state index contributed by atoms with van der Waals surface area (Å²) in [6.07, 6.45) is 31.0. The Kier molecular flexibility index (Phi) is 33.1. The van der Waals surface area contributed by atoms with Crippen molar-refractivity contribution in [3.05, 3.63) is 113 Å². The summed E-state index contributed by atoms with van der Waals surface area (Å²) in [6, 6.07) is 9.77. The van der Waals surface area contributed by atoms with Gasteiger partial charge in [-0.1, -0.05) is 134 Å². The van der Waals surface area contributed by atoms with E-state index in [9.17, 15) is 33.9 Å². The fourth-order valence-electron chi connectivity index (χ4n) is 13.1. The van der Waals surface area contributed by atoms with Crippen LogP contribution in [-0.2, 0) is 44.7 Å². The molecule has 5 atom stereocenters. The van der Waals surface area contributed by atoms with Crippen LogP contribution < -0.4 is 45.1 Å². The van der Waals surface area contributed by atoms with Crippen LogP contribution in [0, 0.1) is 11.8 Å². The second kappa shape index (κ2) is 42.5. The summed E-state index contributed by atoms with van der Waals surface area (Å²) in [7, 11) is 2.93. The molecular formula is C78H110N8O16. The molecule has 24 nitrogen and oxygen atoms in total. The fraction of sp³-hybridized carbons (Fsp3) is 0.577. The molecule has 24 heteroatoms. The summed E-state index contributed by atoms with van der Waals surface area (Å²) in [5, 5.41) is 24.0. The van der Waals surface area contributed by atoms with Gasteiger partial charge < -0.3 is 78.8 Å². The number of fused-ring (bicyclic) bond motifs is 4. The quantitative estimate of drug-likeness (QED) is 0.0338. The SMILES string of the molecule is C/C=C/C1=CN2C(=O)c3cc(OC)c(OCCCOc4cc5c(cc4OC)C(=O)N4C=C(/C=C/C)C[C@H]4[C@H](O)N5C(=O)OCc4ccc(NC(=O)[C@H](C)NC(=O)[C@@H](NC(=O)CCOCCOCCOCCOCCNCCC5CCCCCCCCCCCCC5)C(C)C)cc4)cc3N=C[C@@H]2C1. The number of nitrogens with one attached hydrogen (secondary N) is 4. The van der Waals surface area contributed by atoms with E-state index in [1.807, 2.05) is 44.4 Å². The molecule has 0 saturated heterocycles. The second-order valence-electron chi connectivity index (χ2n) is 26.9. The van der Waals surface area contributed by atoms with Crippen LogP contribution in [0.15, 0.2) is 101 Å². The summed E-state index contributed by atoms with van der Waals surface area (Å²) in [5.74, 6) is -0.441. The van der Waals surface area contributed by atoms with E-state index in [0.29, 0.717) is 86.5 Å². The van der Waals surface area contributed by atoms with E-state index >= 15 is 0 Å². The van der Waals surface area contributed by atoms with Crippen LogP contribution in [0.2, 0.25) is 0 Å². The van der Waals surface area contributed by atoms with Crippen molar-refractivity contribution in [1.29, 1.82) is 0 Å². The maximum Gasteiger partial charge on any atom is 0.416 e. The first-order chi connectivity index (χ1) is 49.6. The highest BCUT2D eigenvalue weighted by Crippen LogP contribution is 2.43. The molecule has 8 rings (SSSR count). The molecule has 0 aromatic heterocycles. The molecule has 4 aliphatic heterocycles. The zero-order valence-corrected chi connectivity index (χ0v) is 61.0. The predicted octanol–water partition coefficient (Wildman–Crippen LogP) is 11.8. The van der Waals surface area contributed by atoms with E-state index in [0.717, 1.165) is 35.1 Å². The van der Waals surface area contributed by atoms with Gasteiger partial charge in [0.1, 0.15) is 18.7 Å². The molecule has 3 aromatic carbocycles. The van der Waals surface area contributed by atoms with Gasteiger partial charge in [-0.05, 0) is 99.4 Å². The van der Waals surface area contributed by atoms with Crippen LogP contribution in [0.4, 0.5) is 21.9 Å². The summed E-state index contributed by atoms with van der Waals surface area (Å²) < 4.78 is 52.3. The summed E-state index contributed by atoms with van der Waals surface area (Å²) in [6.45, 7) is 14.0. The van der Waals surface area contributed by atoms with Gasteiger partial charge in [-0.2, -0.15) is 0 Å². The van der Waals surface area contributed by atoms with Gasteiger partial charge in [0.15, 0.2) is 29.2 Å². The van der Waals surface area contributed by atoms with E-state index in [1.54, 1.807) is 67.6 Å². The molecule has 1 saturated carbocycles. The molecule has 1 fully saturated rings. The van der Waals surface area contributed by atoms with Gasteiger partial charge in [0, 0.05) is 55.8 Å². The standard InChI is InChI=1S/C78H110N8O16/c1-8-22-58-44-61-50-80-64-48-69(67(94-6)46-62(64)75(90)84(61)51-58)100-34-21-35-101-70-49-65-63(47-68(70)95-7)76(91)85-52-59(23-9-2)45-66(85)77(92)86(65)78(93)102-53-57-26-28-60(29-27-57)82-73(88)55(5)81-74(89)72(54(3)4)83-71(87)31-36-96-38-40-98-42-43-99-41-39-97-37-33-79-32-30-56-24-19-17-15-13-11-10-12-14-16-18-20-25-56/h8-9,22-23,26-29,46-52,54-56,61,66,72,77,79,92H,10-21,24-25,30-45,53H2,1-7H3,(H,81,89)(H,82,88)(H,83,87)/b22-8+,23-9+/t55-,61-,66-,72-,77-/m0/s1. The fourth-order valence-corrected chi connectivity index (χ4v) is 13.1.